The van der Waals surface area contributed by atoms with E-state index in [1.165, 1.54) is 0 Å². The number of benzene rings is 2. The van der Waals surface area contributed by atoms with Crippen molar-refractivity contribution in [2.45, 2.75) is 6.42 Å². The first kappa shape index (κ1) is 16.5. The van der Waals surface area contributed by atoms with Gasteiger partial charge < -0.3 is 15.0 Å². The number of amides is 2. The average Bonchev–Trinajstić information content (AvgIpc) is 3.04. The van der Waals surface area contributed by atoms with Crippen LogP contribution in [0.15, 0.2) is 48.5 Å². The quantitative estimate of drug-likeness (QED) is 0.931. The first-order valence-electron chi connectivity index (χ1n) is 7.87. The summed E-state index contributed by atoms with van der Waals surface area (Å²) in [5, 5.41) is 11.9. The molecule has 126 valence electrons. The van der Waals surface area contributed by atoms with Crippen molar-refractivity contribution in [3.8, 4) is 11.8 Å². The highest BCUT2D eigenvalue weighted by atomic mass is 16.5. The zero-order valence-corrected chi connectivity index (χ0v) is 13.7. The van der Waals surface area contributed by atoms with E-state index in [1.54, 1.807) is 54.5 Å². The van der Waals surface area contributed by atoms with E-state index in [0.29, 0.717) is 29.2 Å². The molecule has 25 heavy (non-hydrogen) atoms. The molecule has 6 nitrogen and oxygen atoms in total. The molecule has 3 rings (SSSR count). The molecule has 1 saturated heterocycles. The predicted molar refractivity (Wildman–Crippen MR) is 93.2 cm³/mol. The third-order valence-electron chi connectivity index (χ3n) is 4.17. The minimum Gasteiger partial charge on any atom is -0.497 e. The van der Waals surface area contributed by atoms with Crippen molar-refractivity contribution < 1.29 is 14.3 Å². The van der Waals surface area contributed by atoms with Gasteiger partial charge in [0.15, 0.2) is 0 Å². The molecule has 1 N–H and O–H groups in total. The van der Waals surface area contributed by atoms with Gasteiger partial charge in [-0.15, -0.1) is 0 Å². The number of anilines is 2. The largest absolute Gasteiger partial charge is 0.497 e. The van der Waals surface area contributed by atoms with Crippen LogP contribution in [0, 0.1) is 17.2 Å². The van der Waals surface area contributed by atoms with Gasteiger partial charge in [-0.25, -0.2) is 0 Å². The van der Waals surface area contributed by atoms with Crippen LogP contribution >= 0.6 is 0 Å². The molecule has 0 unspecified atom stereocenters. The number of nitrogens with one attached hydrogen (secondary N) is 1. The molecule has 1 fully saturated rings. The molecule has 2 aromatic carbocycles. The fourth-order valence-electron chi connectivity index (χ4n) is 2.84. The number of hydrogen-bond acceptors (Lipinski definition) is 4. The van der Waals surface area contributed by atoms with Crippen molar-refractivity contribution in [3.63, 3.8) is 0 Å². The van der Waals surface area contributed by atoms with Crippen LogP contribution in [0.1, 0.15) is 12.0 Å². The van der Waals surface area contributed by atoms with Crippen LogP contribution in [0.4, 0.5) is 11.4 Å². The molecule has 0 bridgehead atoms. The van der Waals surface area contributed by atoms with Crippen LogP contribution < -0.4 is 15.0 Å². The van der Waals surface area contributed by atoms with Gasteiger partial charge in [0.1, 0.15) is 11.8 Å². The Kier molecular flexibility index (Phi) is 4.66. The Balaban J connectivity index is 1.73. The SMILES string of the molecule is COc1cccc(N2C[C@@H](C(=O)Nc3ccccc3C#N)CC2=O)c1. The van der Waals surface area contributed by atoms with Gasteiger partial charge in [-0.05, 0) is 24.3 Å². The summed E-state index contributed by atoms with van der Waals surface area (Å²) in [7, 11) is 1.56. The molecule has 1 aliphatic rings. The number of carbonyl (C=O) groups excluding carboxylic acids is 2. The Morgan fingerprint density at radius 2 is 2.08 bits per heavy atom. The van der Waals surface area contributed by atoms with E-state index in [0.717, 1.165) is 0 Å². The second-order valence-corrected chi connectivity index (χ2v) is 5.75. The number of ether oxygens (including phenoxy) is 1. The van der Waals surface area contributed by atoms with E-state index < -0.39 is 5.92 Å². The highest BCUT2D eigenvalue weighted by Gasteiger charge is 2.35. The van der Waals surface area contributed by atoms with Crippen molar-refractivity contribution in [1.29, 1.82) is 5.26 Å². The highest BCUT2D eigenvalue weighted by molar-refractivity contribution is 6.03. The number of nitriles is 1. The topological polar surface area (TPSA) is 82.4 Å². The van der Waals surface area contributed by atoms with Gasteiger partial charge in [-0.2, -0.15) is 5.26 Å². The van der Waals surface area contributed by atoms with Gasteiger partial charge in [-0.1, -0.05) is 18.2 Å². The van der Waals surface area contributed by atoms with Gasteiger partial charge in [-0.3, -0.25) is 9.59 Å². The van der Waals surface area contributed by atoms with Crippen molar-refractivity contribution >= 4 is 23.2 Å². The van der Waals surface area contributed by atoms with Gasteiger partial charge in [0.25, 0.3) is 0 Å². The first-order valence-corrected chi connectivity index (χ1v) is 7.87. The maximum Gasteiger partial charge on any atom is 0.229 e. The summed E-state index contributed by atoms with van der Waals surface area (Å²) in [4.78, 5) is 26.4. The van der Waals surface area contributed by atoms with E-state index in [-0.39, 0.29) is 18.2 Å². The number of hydrogen-bond donors (Lipinski definition) is 1. The molecule has 0 aromatic heterocycles. The van der Waals surface area contributed by atoms with Crippen LogP contribution in [0.2, 0.25) is 0 Å². The van der Waals surface area contributed by atoms with Crippen LogP contribution in [-0.4, -0.2) is 25.5 Å². The van der Waals surface area contributed by atoms with E-state index in [4.69, 9.17) is 10.00 Å². The second kappa shape index (κ2) is 7.05. The summed E-state index contributed by atoms with van der Waals surface area (Å²) >= 11 is 0. The summed E-state index contributed by atoms with van der Waals surface area (Å²) in [6.45, 7) is 0.298. The van der Waals surface area contributed by atoms with E-state index in [2.05, 4.69) is 5.32 Å². The number of methoxy groups -OCH3 is 1. The molecule has 1 heterocycles. The van der Waals surface area contributed by atoms with Crippen LogP contribution in [0.25, 0.3) is 0 Å². The molecule has 2 amide bonds. The summed E-state index contributed by atoms with van der Waals surface area (Å²) in [6.07, 6.45) is 0.137. The molecule has 0 aliphatic carbocycles. The minimum atomic E-state index is -0.467. The Morgan fingerprint density at radius 1 is 1.28 bits per heavy atom. The molecular formula is C19H17N3O3. The van der Waals surface area contributed by atoms with Crippen LogP contribution in [0.3, 0.4) is 0 Å². The lowest BCUT2D eigenvalue weighted by Gasteiger charge is -2.17. The van der Waals surface area contributed by atoms with Crippen LogP contribution in [0.5, 0.6) is 5.75 Å². The first-order chi connectivity index (χ1) is 12.1. The second-order valence-electron chi connectivity index (χ2n) is 5.75. The number of rotatable bonds is 4. The zero-order valence-electron chi connectivity index (χ0n) is 13.7. The Morgan fingerprint density at radius 3 is 2.84 bits per heavy atom. The third kappa shape index (κ3) is 3.45. The van der Waals surface area contributed by atoms with Crippen molar-refractivity contribution in [2.75, 3.05) is 23.9 Å². The summed E-state index contributed by atoms with van der Waals surface area (Å²) < 4.78 is 5.18. The molecule has 0 radical (unpaired) electrons. The number of para-hydroxylation sites is 1. The van der Waals surface area contributed by atoms with Crippen molar-refractivity contribution in [2.24, 2.45) is 5.92 Å². The number of carbonyl (C=O) groups is 2. The summed E-state index contributed by atoms with van der Waals surface area (Å²) in [5.41, 5.74) is 1.56. The maximum absolute atomic E-state index is 12.5. The lowest BCUT2D eigenvalue weighted by atomic mass is 10.1. The van der Waals surface area contributed by atoms with E-state index >= 15 is 0 Å². The van der Waals surface area contributed by atoms with Gasteiger partial charge >= 0.3 is 0 Å². The highest BCUT2D eigenvalue weighted by Crippen LogP contribution is 2.28. The maximum atomic E-state index is 12.5. The average molecular weight is 335 g/mol. The Labute approximate surface area is 145 Å². The lowest BCUT2D eigenvalue weighted by molar-refractivity contribution is -0.122. The van der Waals surface area contributed by atoms with Crippen LogP contribution in [-0.2, 0) is 9.59 Å². The normalized spacial score (nSPS) is 16.4. The monoisotopic (exact) mass is 335 g/mol. The van der Waals surface area contributed by atoms with Crippen molar-refractivity contribution in [1.82, 2.24) is 0 Å². The molecule has 6 heteroatoms. The fourth-order valence-corrected chi connectivity index (χ4v) is 2.84. The molecule has 0 spiro atoms. The molecule has 2 aromatic rings. The minimum absolute atomic E-state index is 0.109. The zero-order chi connectivity index (χ0) is 17.8. The molecule has 0 saturated carbocycles. The number of nitrogens with zero attached hydrogens (tertiary/aromatic N) is 2. The Bertz CT molecular complexity index is 857. The van der Waals surface area contributed by atoms with E-state index in [9.17, 15) is 9.59 Å². The summed E-state index contributed by atoms with van der Waals surface area (Å²) in [5.74, 6) is -0.185. The molecular weight excluding hydrogens is 318 g/mol. The molecule has 1 atom stereocenters. The standard InChI is InChI=1S/C19H17N3O3/c1-25-16-7-4-6-15(10-16)22-12-14(9-18(22)23)19(24)21-17-8-3-2-5-13(17)11-20/h2-8,10,14H,9,12H2,1H3,(H,21,24)/t14-/m0/s1. The predicted octanol–water partition coefficient (Wildman–Crippen LogP) is 2.56. The van der Waals surface area contributed by atoms with Crippen molar-refractivity contribution in [3.05, 3.63) is 54.1 Å². The van der Waals surface area contributed by atoms with Gasteiger partial charge in [0.05, 0.1) is 24.3 Å². The summed E-state index contributed by atoms with van der Waals surface area (Å²) in [6, 6.07) is 16.0. The fraction of sp³-hybridized carbons (Fsp3) is 0.211. The Hall–Kier alpha value is -3.33. The van der Waals surface area contributed by atoms with Gasteiger partial charge in [0.2, 0.25) is 11.8 Å². The molecule has 1 aliphatic heterocycles. The smallest absolute Gasteiger partial charge is 0.229 e. The third-order valence-corrected chi connectivity index (χ3v) is 4.17. The van der Waals surface area contributed by atoms with E-state index in [1.807, 2.05) is 12.1 Å². The lowest BCUT2D eigenvalue weighted by Crippen LogP contribution is -2.28. The van der Waals surface area contributed by atoms with Gasteiger partial charge in [0, 0.05) is 24.7 Å².